The Hall–Kier alpha value is -0.940. The number of rotatable bonds is 5. The van der Waals surface area contributed by atoms with E-state index in [9.17, 15) is 0 Å². The van der Waals surface area contributed by atoms with Crippen molar-refractivity contribution in [3.8, 4) is 0 Å². The molecule has 2 heterocycles. The third-order valence-electron chi connectivity index (χ3n) is 4.22. The Balaban J connectivity index is 1.52. The predicted octanol–water partition coefficient (Wildman–Crippen LogP) is 2.77. The fourth-order valence-electron chi connectivity index (χ4n) is 2.90. The van der Waals surface area contributed by atoms with Crippen LogP contribution in [0.25, 0.3) is 5.65 Å². The van der Waals surface area contributed by atoms with Crippen LogP contribution < -0.4 is 5.32 Å². The number of fused-ring (bicyclic) bond motifs is 1. The smallest absolute Gasteiger partial charge is 0.155 e. The molecular weight excluding hydrogens is 304 g/mol. The maximum atomic E-state index is 4.40. The molecule has 0 aromatic carbocycles. The first-order valence-corrected chi connectivity index (χ1v) is 7.81. The van der Waals surface area contributed by atoms with Crippen LogP contribution in [0.4, 0.5) is 0 Å². The van der Waals surface area contributed by atoms with Crippen LogP contribution in [0.5, 0.6) is 0 Å². The summed E-state index contributed by atoms with van der Waals surface area (Å²) in [7, 11) is 0. The lowest BCUT2D eigenvalue weighted by Crippen LogP contribution is -2.32. The van der Waals surface area contributed by atoms with Gasteiger partial charge in [-0.3, -0.25) is 4.40 Å². The molecule has 0 amide bonds. The second kappa shape index (κ2) is 4.56. The Morgan fingerprint density at radius 3 is 2.63 bits per heavy atom. The number of imidazole rings is 1. The van der Waals surface area contributed by atoms with Gasteiger partial charge in [0.05, 0.1) is 18.1 Å². The van der Waals surface area contributed by atoms with Crippen LogP contribution in [0.15, 0.2) is 23.2 Å². The van der Waals surface area contributed by atoms with Gasteiger partial charge < -0.3 is 5.32 Å². The first kappa shape index (κ1) is 11.9. The van der Waals surface area contributed by atoms with Crippen LogP contribution in [0, 0.1) is 11.8 Å². The quantitative estimate of drug-likeness (QED) is 0.921. The Kier molecular flexibility index (Phi) is 2.84. The molecule has 2 aromatic heterocycles. The highest BCUT2D eigenvalue weighted by Crippen LogP contribution is 2.44. The number of halogens is 1. The Morgan fingerprint density at radius 1 is 1.21 bits per heavy atom. The van der Waals surface area contributed by atoms with Gasteiger partial charge in [0.25, 0.3) is 0 Å². The predicted molar refractivity (Wildman–Crippen MR) is 76.8 cm³/mol. The summed E-state index contributed by atoms with van der Waals surface area (Å²) in [6.45, 7) is 0.898. The van der Waals surface area contributed by atoms with Crippen molar-refractivity contribution in [3.63, 3.8) is 0 Å². The van der Waals surface area contributed by atoms with Crippen LogP contribution in [-0.4, -0.2) is 20.4 Å². The molecule has 1 N–H and O–H groups in total. The van der Waals surface area contributed by atoms with Crippen LogP contribution in [0.1, 0.15) is 31.4 Å². The van der Waals surface area contributed by atoms with Crippen molar-refractivity contribution in [2.24, 2.45) is 11.8 Å². The van der Waals surface area contributed by atoms with Gasteiger partial charge in [-0.25, -0.2) is 9.97 Å². The number of nitrogens with zero attached hydrogens (tertiary/aromatic N) is 3. The number of aromatic nitrogens is 3. The summed E-state index contributed by atoms with van der Waals surface area (Å²) in [5, 5.41) is 3.76. The zero-order chi connectivity index (χ0) is 12.8. The van der Waals surface area contributed by atoms with E-state index >= 15 is 0 Å². The van der Waals surface area contributed by atoms with Crippen LogP contribution in [-0.2, 0) is 6.54 Å². The minimum atomic E-state index is 0.732. The molecule has 0 unspecified atom stereocenters. The topological polar surface area (TPSA) is 42.2 Å². The molecule has 2 aromatic rings. The molecule has 2 saturated carbocycles. The Morgan fingerprint density at radius 2 is 1.95 bits per heavy atom. The van der Waals surface area contributed by atoms with Crippen molar-refractivity contribution < 1.29 is 0 Å². The molecule has 5 heteroatoms. The van der Waals surface area contributed by atoms with Crippen molar-refractivity contribution in [1.82, 2.24) is 19.7 Å². The standard InChI is InChI=1S/C14H17BrN4/c15-12-8-19-11(5-17-13(19)7-16-12)6-18-14(9-1-2-9)10-3-4-10/h5,7-10,14,18H,1-4,6H2. The summed E-state index contributed by atoms with van der Waals surface area (Å²) in [5.41, 5.74) is 2.12. The fourth-order valence-corrected chi connectivity index (χ4v) is 3.21. The second-order valence-corrected chi connectivity index (χ2v) is 6.58. The van der Waals surface area contributed by atoms with Crippen LogP contribution in [0.2, 0.25) is 0 Å². The van der Waals surface area contributed by atoms with E-state index in [1.165, 1.54) is 31.4 Å². The highest BCUT2D eigenvalue weighted by Gasteiger charge is 2.41. The molecule has 2 aliphatic carbocycles. The Bertz CT molecular complexity index is 589. The van der Waals surface area contributed by atoms with E-state index in [-0.39, 0.29) is 0 Å². The average Bonchev–Trinajstić information content (AvgIpc) is 3.30. The van der Waals surface area contributed by atoms with Gasteiger partial charge in [0.1, 0.15) is 4.60 Å². The van der Waals surface area contributed by atoms with Gasteiger partial charge in [-0.15, -0.1) is 0 Å². The largest absolute Gasteiger partial charge is 0.308 e. The zero-order valence-corrected chi connectivity index (χ0v) is 12.3. The molecule has 0 saturated heterocycles. The average molecular weight is 321 g/mol. The van der Waals surface area contributed by atoms with Crippen molar-refractivity contribution in [2.75, 3.05) is 0 Å². The molecule has 0 bridgehead atoms. The van der Waals surface area contributed by atoms with Gasteiger partial charge in [-0.2, -0.15) is 0 Å². The molecule has 0 radical (unpaired) electrons. The van der Waals surface area contributed by atoms with Crippen molar-refractivity contribution >= 4 is 21.6 Å². The van der Waals surface area contributed by atoms with E-state index in [4.69, 9.17) is 0 Å². The maximum absolute atomic E-state index is 4.40. The molecular formula is C14H17BrN4. The van der Waals surface area contributed by atoms with Gasteiger partial charge in [-0.1, -0.05) is 0 Å². The van der Waals surface area contributed by atoms with E-state index in [1.54, 1.807) is 6.20 Å². The number of nitrogens with one attached hydrogen (secondary N) is 1. The minimum Gasteiger partial charge on any atom is -0.308 e. The summed E-state index contributed by atoms with van der Waals surface area (Å²) in [5.74, 6) is 1.86. The first-order valence-electron chi connectivity index (χ1n) is 7.02. The summed E-state index contributed by atoms with van der Waals surface area (Å²) < 4.78 is 2.96. The van der Waals surface area contributed by atoms with Crippen LogP contribution >= 0.6 is 15.9 Å². The summed E-state index contributed by atoms with van der Waals surface area (Å²) >= 11 is 3.42. The number of hydrogen-bond acceptors (Lipinski definition) is 3. The molecule has 0 spiro atoms. The molecule has 0 aliphatic heterocycles. The van der Waals surface area contributed by atoms with Gasteiger partial charge in [-0.05, 0) is 53.4 Å². The summed E-state index contributed by atoms with van der Waals surface area (Å²) in [4.78, 5) is 8.60. The van der Waals surface area contributed by atoms with E-state index in [1.807, 2.05) is 12.4 Å². The molecule has 0 atom stereocenters. The third kappa shape index (κ3) is 2.41. The van der Waals surface area contributed by atoms with E-state index in [2.05, 4.69) is 35.6 Å². The SMILES string of the molecule is Brc1cn2c(CNC(C3CC3)C3CC3)cnc2cn1. The van der Waals surface area contributed by atoms with Gasteiger partial charge >= 0.3 is 0 Å². The van der Waals surface area contributed by atoms with E-state index in [0.717, 1.165) is 34.7 Å². The lowest BCUT2D eigenvalue weighted by Gasteiger charge is -2.17. The molecule has 2 aliphatic rings. The zero-order valence-electron chi connectivity index (χ0n) is 10.7. The van der Waals surface area contributed by atoms with Crippen LogP contribution in [0.3, 0.4) is 0 Å². The second-order valence-electron chi connectivity index (χ2n) is 5.77. The lowest BCUT2D eigenvalue weighted by atomic mass is 10.1. The van der Waals surface area contributed by atoms with E-state index < -0.39 is 0 Å². The molecule has 100 valence electrons. The van der Waals surface area contributed by atoms with Gasteiger partial charge in [0.2, 0.25) is 0 Å². The molecule has 19 heavy (non-hydrogen) atoms. The van der Waals surface area contributed by atoms with Crippen molar-refractivity contribution in [1.29, 1.82) is 0 Å². The monoisotopic (exact) mass is 320 g/mol. The Labute approximate surface area is 120 Å². The molecule has 4 rings (SSSR count). The normalized spacial score (nSPS) is 19.5. The summed E-state index contributed by atoms with van der Waals surface area (Å²) in [6.07, 6.45) is 11.4. The highest BCUT2D eigenvalue weighted by atomic mass is 79.9. The van der Waals surface area contributed by atoms with Crippen molar-refractivity contribution in [3.05, 3.63) is 28.9 Å². The third-order valence-corrected chi connectivity index (χ3v) is 4.63. The number of hydrogen-bond donors (Lipinski definition) is 1. The van der Waals surface area contributed by atoms with E-state index in [0.29, 0.717) is 0 Å². The first-order chi connectivity index (χ1) is 9.31. The van der Waals surface area contributed by atoms with Crippen molar-refractivity contribution in [2.45, 2.75) is 38.3 Å². The fraction of sp³-hybridized carbons (Fsp3) is 0.571. The molecule has 4 nitrogen and oxygen atoms in total. The minimum absolute atomic E-state index is 0.732. The van der Waals surface area contributed by atoms with Gasteiger partial charge in [0.15, 0.2) is 5.65 Å². The highest BCUT2D eigenvalue weighted by molar-refractivity contribution is 9.10. The van der Waals surface area contributed by atoms with Gasteiger partial charge in [0, 0.05) is 18.8 Å². The lowest BCUT2D eigenvalue weighted by molar-refractivity contribution is 0.413. The summed E-state index contributed by atoms with van der Waals surface area (Å²) in [6, 6.07) is 0.732. The molecule has 2 fully saturated rings. The maximum Gasteiger partial charge on any atom is 0.155 e.